The maximum absolute atomic E-state index is 14.5. The Hall–Kier alpha value is -4.06. The smallest absolute Gasteiger partial charge is 0.352 e. The van der Waals surface area contributed by atoms with Gasteiger partial charge in [-0.15, -0.1) is 0 Å². The number of carbonyl (C=O) groups is 2. The highest BCUT2D eigenvalue weighted by Crippen LogP contribution is 2.34. The molecule has 0 saturated heterocycles. The van der Waals surface area contributed by atoms with E-state index in [0.717, 1.165) is 17.7 Å². The van der Waals surface area contributed by atoms with Crippen LogP contribution in [0.15, 0.2) is 102 Å². The molecule has 0 aliphatic heterocycles. The number of carbonyl (C=O) groups excluding carboxylic acids is 2. The Bertz CT molecular complexity index is 1860. The zero-order chi connectivity index (χ0) is 35.2. The highest BCUT2D eigenvalue weighted by molar-refractivity contribution is 7.92. The van der Waals surface area contributed by atoms with Crippen molar-refractivity contribution in [1.29, 1.82) is 0 Å². The van der Waals surface area contributed by atoms with Crippen LogP contribution in [0, 0.1) is 6.92 Å². The van der Waals surface area contributed by atoms with E-state index in [4.69, 9.17) is 23.2 Å². The fourth-order valence-electron chi connectivity index (χ4n) is 4.97. The zero-order valence-corrected chi connectivity index (χ0v) is 28.7. The first-order chi connectivity index (χ1) is 22.6. The summed E-state index contributed by atoms with van der Waals surface area (Å²) in [7, 11) is -4.60. The second-order valence-corrected chi connectivity index (χ2v) is 14.2. The lowest BCUT2D eigenvalue weighted by Gasteiger charge is -2.34. The van der Waals surface area contributed by atoms with Crippen molar-refractivity contribution in [2.24, 2.45) is 0 Å². The van der Waals surface area contributed by atoms with E-state index in [2.05, 4.69) is 5.32 Å². The van der Waals surface area contributed by atoms with Crippen LogP contribution in [0.1, 0.15) is 36.1 Å². The fraction of sp³-hybridized carbons (Fsp3) is 0.257. The van der Waals surface area contributed by atoms with E-state index in [1.165, 1.54) is 29.2 Å². The first-order valence-corrected chi connectivity index (χ1v) is 17.1. The van der Waals surface area contributed by atoms with Gasteiger partial charge in [0.2, 0.25) is 11.8 Å². The number of aryl methyl sites for hydroxylation is 1. The van der Waals surface area contributed by atoms with Gasteiger partial charge in [-0.05, 0) is 74.4 Å². The van der Waals surface area contributed by atoms with Gasteiger partial charge in [-0.2, -0.15) is 13.2 Å². The van der Waals surface area contributed by atoms with Gasteiger partial charge in [0.15, 0.2) is 0 Å². The van der Waals surface area contributed by atoms with Crippen LogP contribution >= 0.6 is 23.2 Å². The molecule has 0 spiro atoms. The van der Waals surface area contributed by atoms with Crippen molar-refractivity contribution in [3.63, 3.8) is 0 Å². The van der Waals surface area contributed by atoms with E-state index in [1.807, 2.05) is 0 Å². The number of nitrogens with one attached hydrogen (secondary N) is 1. The predicted molar refractivity (Wildman–Crippen MR) is 181 cm³/mol. The SMILES string of the molecule is Cc1ccc(S(=O)(=O)N(CC(=O)N(Cc2ccc(Cl)cc2Cl)C(Cc2ccccc2)C(=O)NC(C)C)c2cccc(C(F)(F)F)c2)cc1. The predicted octanol–water partition coefficient (Wildman–Crippen LogP) is 7.68. The minimum absolute atomic E-state index is 0.0462. The molecule has 0 aromatic heterocycles. The Morgan fingerprint density at radius 1 is 0.875 bits per heavy atom. The minimum atomic E-state index is -4.79. The van der Waals surface area contributed by atoms with Gasteiger partial charge in [0.1, 0.15) is 12.6 Å². The van der Waals surface area contributed by atoms with Gasteiger partial charge in [-0.25, -0.2) is 8.42 Å². The molecule has 0 saturated carbocycles. The first kappa shape index (κ1) is 36.8. The van der Waals surface area contributed by atoms with Gasteiger partial charge in [-0.3, -0.25) is 13.9 Å². The molecule has 7 nitrogen and oxygen atoms in total. The van der Waals surface area contributed by atoms with Crippen molar-refractivity contribution in [2.45, 2.75) is 56.9 Å². The molecular weight excluding hydrogens is 686 g/mol. The molecule has 13 heteroatoms. The summed E-state index contributed by atoms with van der Waals surface area (Å²) in [5.74, 6) is -1.37. The molecule has 2 amide bonds. The second kappa shape index (κ2) is 15.4. The summed E-state index contributed by atoms with van der Waals surface area (Å²) in [6.45, 7) is 4.09. The molecule has 0 bridgehead atoms. The van der Waals surface area contributed by atoms with Gasteiger partial charge in [0, 0.05) is 29.1 Å². The lowest BCUT2D eigenvalue weighted by atomic mass is 10.0. The van der Waals surface area contributed by atoms with Crippen molar-refractivity contribution in [1.82, 2.24) is 10.2 Å². The lowest BCUT2D eigenvalue weighted by molar-refractivity contribution is -0.140. The van der Waals surface area contributed by atoms with Crippen LogP contribution in [0.25, 0.3) is 0 Å². The van der Waals surface area contributed by atoms with Gasteiger partial charge in [0.05, 0.1) is 16.1 Å². The van der Waals surface area contributed by atoms with Crippen LogP contribution in [-0.4, -0.2) is 43.8 Å². The van der Waals surface area contributed by atoms with E-state index in [-0.39, 0.29) is 34.6 Å². The molecule has 48 heavy (non-hydrogen) atoms. The number of halogens is 5. The Balaban J connectivity index is 1.87. The highest BCUT2D eigenvalue weighted by Gasteiger charge is 2.36. The number of anilines is 1. The van der Waals surface area contributed by atoms with E-state index < -0.39 is 46.2 Å². The monoisotopic (exact) mass is 719 g/mol. The number of nitrogens with zero attached hydrogens (tertiary/aromatic N) is 2. The number of benzene rings is 4. The molecular formula is C35H34Cl2F3N3O4S. The normalized spacial score (nSPS) is 12.4. The molecule has 1 atom stereocenters. The topological polar surface area (TPSA) is 86.8 Å². The standard InChI is InChI=1S/C35H34Cl2F3N3O4S/c1-23(2)41-34(45)32(18-25-8-5-4-6-9-25)42(21-26-14-15-28(36)20-31(26)37)33(44)22-43(29-11-7-10-27(19-29)35(38,39)40)48(46,47)30-16-12-24(3)13-17-30/h4-17,19-20,23,32H,18,21-22H2,1-3H3,(H,41,45). The quantitative estimate of drug-likeness (QED) is 0.163. The molecule has 1 N–H and O–H groups in total. The largest absolute Gasteiger partial charge is 0.416 e. The summed E-state index contributed by atoms with van der Waals surface area (Å²) < 4.78 is 70.2. The van der Waals surface area contributed by atoms with Crippen molar-refractivity contribution in [2.75, 3.05) is 10.8 Å². The zero-order valence-electron chi connectivity index (χ0n) is 26.3. The maximum Gasteiger partial charge on any atom is 0.416 e. The molecule has 0 heterocycles. The fourth-order valence-corrected chi connectivity index (χ4v) is 6.85. The number of sulfonamides is 1. The van der Waals surface area contributed by atoms with Gasteiger partial charge >= 0.3 is 6.18 Å². The van der Waals surface area contributed by atoms with E-state index in [0.29, 0.717) is 26.5 Å². The van der Waals surface area contributed by atoms with Crippen molar-refractivity contribution in [3.05, 3.63) is 129 Å². The third kappa shape index (κ3) is 9.30. The summed E-state index contributed by atoms with van der Waals surface area (Å²) >= 11 is 12.6. The molecule has 254 valence electrons. The molecule has 1 unspecified atom stereocenters. The van der Waals surface area contributed by atoms with Crippen LogP contribution in [0.4, 0.5) is 18.9 Å². The Kier molecular flexibility index (Phi) is 11.8. The third-order valence-corrected chi connectivity index (χ3v) is 9.78. The average Bonchev–Trinajstić information content (AvgIpc) is 3.02. The van der Waals surface area contributed by atoms with E-state index in [9.17, 15) is 31.2 Å². The van der Waals surface area contributed by atoms with Gasteiger partial charge < -0.3 is 10.2 Å². The minimum Gasteiger partial charge on any atom is -0.352 e. The summed E-state index contributed by atoms with van der Waals surface area (Å²) in [5.41, 5.74) is 0.399. The number of hydrogen-bond acceptors (Lipinski definition) is 4. The van der Waals surface area contributed by atoms with Crippen molar-refractivity contribution < 1.29 is 31.2 Å². The molecule has 0 aliphatic carbocycles. The summed E-state index contributed by atoms with van der Waals surface area (Å²) in [5, 5.41) is 3.37. The van der Waals surface area contributed by atoms with E-state index in [1.54, 1.807) is 75.4 Å². The number of alkyl halides is 3. The third-order valence-electron chi connectivity index (χ3n) is 7.41. The Morgan fingerprint density at radius 3 is 2.15 bits per heavy atom. The Morgan fingerprint density at radius 2 is 1.54 bits per heavy atom. The molecule has 4 rings (SSSR count). The molecule has 0 fully saturated rings. The number of amides is 2. The summed E-state index contributed by atoms with van der Waals surface area (Å²) in [6.07, 6.45) is -4.74. The molecule has 4 aromatic carbocycles. The molecule has 0 radical (unpaired) electrons. The maximum atomic E-state index is 14.5. The second-order valence-electron chi connectivity index (χ2n) is 11.5. The van der Waals surface area contributed by atoms with E-state index >= 15 is 0 Å². The average molecular weight is 721 g/mol. The first-order valence-electron chi connectivity index (χ1n) is 14.9. The number of hydrogen-bond donors (Lipinski definition) is 1. The van der Waals surface area contributed by atoms with Gasteiger partial charge in [0.25, 0.3) is 10.0 Å². The van der Waals surface area contributed by atoms with Crippen LogP contribution < -0.4 is 9.62 Å². The van der Waals surface area contributed by atoms with Crippen LogP contribution in [0.3, 0.4) is 0 Å². The molecule has 0 aliphatic rings. The molecule has 4 aromatic rings. The highest BCUT2D eigenvalue weighted by atomic mass is 35.5. The van der Waals surface area contributed by atoms with Crippen LogP contribution in [-0.2, 0) is 38.8 Å². The van der Waals surface area contributed by atoms with Crippen molar-refractivity contribution in [3.8, 4) is 0 Å². The van der Waals surface area contributed by atoms with Crippen molar-refractivity contribution >= 4 is 50.7 Å². The summed E-state index contributed by atoms with van der Waals surface area (Å²) in [6, 6.07) is 21.5. The summed E-state index contributed by atoms with van der Waals surface area (Å²) in [4.78, 5) is 29.2. The van der Waals surface area contributed by atoms with Gasteiger partial charge in [-0.1, -0.05) is 83.4 Å². The Labute approximate surface area is 288 Å². The lowest BCUT2D eigenvalue weighted by Crippen LogP contribution is -2.54. The van der Waals surface area contributed by atoms with Crippen LogP contribution in [0.5, 0.6) is 0 Å². The van der Waals surface area contributed by atoms with Crippen LogP contribution in [0.2, 0.25) is 10.0 Å². The number of rotatable bonds is 12.